The van der Waals surface area contributed by atoms with Crippen molar-refractivity contribution in [1.29, 1.82) is 0 Å². The Balaban J connectivity index is 1.67. The van der Waals surface area contributed by atoms with Crippen molar-refractivity contribution in [3.05, 3.63) is 41.2 Å². The third-order valence-corrected chi connectivity index (χ3v) is 4.60. The number of hydrogen-bond acceptors (Lipinski definition) is 7. The summed E-state index contributed by atoms with van der Waals surface area (Å²) in [6.45, 7) is 6.82. The van der Waals surface area contributed by atoms with Crippen LogP contribution in [0.25, 0.3) is 0 Å². The summed E-state index contributed by atoms with van der Waals surface area (Å²) in [5.74, 6) is 0.710. The topological polar surface area (TPSA) is 99.4 Å². The number of carbonyl (C=O) groups excluding carboxylic acids is 1. The van der Waals surface area contributed by atoms with Gasteiger partial charge in [-0.15, -0.1) is 0 Å². The Morgan fingerprint density at radius 3 is 2.73 bits per heavy atom. The number of anilines is 3. The van der Waals surface area contributed by atoms with Crippen molar-refractivity contribution in [3.63, 3.8) is 0 Å². The number of carbonyl (C=O) groups is 1. The second-order valence-corrected chi connectivity index (χ2v) is 6.41. The van der Waals surface area contributed by atoms with Crippen LogP contribution in [-0.2, 0) is 0 Å². The molecule has 0 aliphatic carbocycles. The fourth-order valence-electron chi connectivity index (χ4n) is 2.83. The van der Waals surface area contributed by atoms with E-state index < -0.39 is 0 Å². The fourth-order valence-corrected chi connectivity index (χ4v) is 3.02. The predicted molar refractivity (Wildman–Crippen MR) is 103 cm³/mol. The van der Waals surface area contributed by atoms with Gasteiger partial charge in [-0.2, -0.15) is 0 Å². The van der Waals surface area contributed by atoms with Crippen molar-refractivity contribution < 1.29 is 4.79 Å². The molecule has 1 fully saturated rings. The van der Waals surface area contributed by atoms with Crippen molar-refractivity contribution in [2.45, 2.75) is 6.92 Å². The molecule has 3 rings (SSSR count). The number of likely N-dealkylation sites (N-methyl/N-ethyl adjacent to an activating group) is 1. The first kappa shape index (κ1) is 18.2. The van der Waals surface area contributed by atoms with E-state index in [-0.39, 0.29) is 5.91 Å². The number of aromatic nitrogens is 2. The van der Waals surface area contributed by atoms with Crippen LogP contribution in [0.4, 0.5) is 17.3 Å². The maximum absolute atomic E-state index is 12.2. The number of nitrogens with zero attached hydrogens (tertiary/aromatic N) is 4. The third-order valence-electron chi connectivity index (χ3n) is 4.36. The average molecular weight is 376 g/mol. The van der Waals surface area contributed by atoms with Crippen molar-refractivity contribution in [2.75, 3.05) is 48.8 Å². The van der Waals surface area contributed by atoms with E-state index in [0.717, 1.165) is 32.7 Å². The van der Waals surface area contributed by atoms with Crippen molar-refractivity contribution in [2.24, 2.45) is 0 Å². The number of benzene rings is 1. The summed E-state index contributed by atoms with van der Waals surface area (Å²) in [4.78, 5) is 25.1. The molecular formula is C17H22ClN7O. The van der Waals surface area contributed by atoms with Gasteiger partial charge in [0.25, 0.3) is 5.91 Å². The van der Waals surface area contributed by atoms with E-state index >= 15 is 0 Å². The highest BCUT2D eigenvalue weighted by molar-refractivity contribution is 6.30. The Bertz CT molecular complexity index is 777. The number of nitrogens with two attached hydrogens (primary N) is 1. The normalized spacial score (nSPS) is 14.9. The molecule has 0 saturated carbocycles. The molecule has 0 unspecified atom stereocenters. The van der Waals surface area contributed by atoms with Gasteiger partial charge < -0.3 is 15.5 Å². The predicted octanol–water partition coefficient (Wildman–Crippen LogP) is 1.61. The summed E-state index contributed by atoms with van der Waals surface area (Å²) in [5.41, 5.74) is 12.4. The molecule has 0 bridgehead atoms. The van der Waals surface area contributed by atoms with Gasteiger partial charge in [0, 0.05) is 36.8 Å². The minimum Gasteiger partial charge on any atom is -0.393 e. The van der Waals surface area contributed by atoms with Gasteiger partial charge in [0.1, 0.15) is 12.0 Å². The summed E-state index contributed by atoms with van der Waals surface area (Å²) in [6.07, 6.45) is 1.44. The number of amides is 1. The Morgan fingerprint density at radius 2 is 2.04 bits per heavy atom. The molecule has 1 aromatic heterocycles. The lowest BCUT2D eigenvalue weighted by Crippen LogP contribution is -2.46. The summed E-state index contributed by atoms with van der Waals surface area (Å²) < 4.78 is 0. The van der Waals surface area contributed by atoms with Gasteiger partial charge in [-0.3, -0.25) is 15.6 Å². The highest BCUT2D eigenvalue weighted by atomic mass is 35.5. The molecule has 1 aliphatic rings. The second-order valence-electron chi connectivity index (χ2n) is 5.97. The van der Waals surface area contributed by atoms with Crippen LogP contribution >= 0.6 is 11.6 Å². The SMILES string of the molecule is CCN1CCN(c2ncnc(NNC(=O)c3cccc(Cl)c3)c2N)CC1. The van der Waals surface area contributed by atoms with E-state index in [1.54, 1.807) is 24.3 Å². The molecule has 26 heavy (non-hydrogen) atoms. The molecule has 2 aromatic rings. The van der Waals surface area contributed by atoms with Crippen LogP contribution in [0.15, 0.2) is 30.6 Å². The summed E-state index contributed by atoms with van der Waals surface area (Å²) in [6, 6.07) is 6.68. The molecule has 1 saturated heterocycles. The van der Waals surface area contributed by atoms with Gasteiger partial charge in [-0.25, -0.2) is 9.97 Å². The lowest BCUT2D eigenvalue weighted by atomic mass is 10.2. The van der Waals surface area contributed by atoms with Gasteiger partial charge in [0.05, 0.1) is 0 Å². The standard InChI is InChI=1S/C17H22ClN7O/c1-2-24-6-8-25(9-7-24)16-14(19)15(20-11-21-16)22-23-17(26)12-4-3-5-13(18)10-12/h3-5,10-11H,2,6-9,19H2,1H3,(H,23,26)(H,20,21,22). The molecule has 1 amide bonds. The van der Waals surface area contributed by atoms with Crippen molar-refractivity contribution in [1.82, 2.24) is 20.3 Å². The molecule has 138 valence electrons. The zero-order valence-electron chi connectivity index (χ0n) is 14.6. The van der Waals surface area contributed by atoms with Crippen LogP contribution in [0.2, 0.25) is 5.02 Å². The van der Waals surface area contributed by atoms with Crippen LogP contribution in [0.3, 0.4) is 0 Å². The molecule has 1 aromatic carbocycles. The first-order valence-corrected chi connectivity index (χ1v) is 8.86. The van der Waals surface area contributed by atoms with Crippen LogP contribution in [0.5, 0.6) is 0 Å². The van der Waals surface area contributed by atoms with Crippen LogP contribution in [0.1, 0.15) is 17.3 Å². The summed E-state index contributed by atoms with van der Waals surface area (Å²) in [7, 11) is 0. The molecule has 8 nitrogen and oxygen atoms in total. The quantitative estimate of drug-likeness (QED) is 0.683. The van der Waals surface area contributed by atoms with Crippen molar-refractivity contribution >= 4 is 34.8 Å². The monoisotopic (exact) mass is 375 g/mol. The first-order valence-electron chi connectivity index (χ1n) is 8.48. The average Bonchev–Trinajstić information content (AvgIpc) is 2.67. The molecule has 2 heterocycles. The lowest BCUT2D eigenvalue weighted by molar-refractivity contribution is 0.0962. The second kappa shape index (κ2) is 8.20. The molecule has 0 spiro atoms. The molecule has 0 atom stereocenters. The van der Waals surface area contributed by atoms with E-state index in [1.807, 2.05) is 0 Å². The Labute approximate surface area is 157 Å². The highest BCUT2D eigenvalue weighted by Crippen LogP contribution is 2.26. The molecular weight excluding hydrogens is 354 g/mol. The number of hydrazine groups is 1. The minimum atomic E-state index is -0.330. The molecule has 0 radical (unpaired) electrons. The maximum Gasteiger partial charge on any atom is 0.269 e. The number of hydrogen-bond donors (Lipinski definition) is 3. The highest BCUT2D eigenvalue weighted by Gasteiger charge is 2.20. The smallest absolute Gasteiger partial charge is 0.269 e. The minimum absolute atomic E-state index is 0.330. The lowest BCUT2D eigenvalue weighted by Gasteiger charge is -2.35. The first-order chi connectivity index (χ1) is 12.6. The Morgan fingerprint density at radius 1 is 1.27 bits per heavy atom. The van der Waals surface area contributed by atoms with E-state index in [9.17, 15) is 4.79 Å². The van der Waals surface area contributed by atoms with Gasteiger partial charge >= 0.3 is 0 Å². The summed E-state index contributed by atoms with van der Waals surface area (Å²) >= 11 is 5.91. The molecule has 1 aliphatic heterocycles. The van der Waals surface area contributed by atoms with E-state index in [1.165, 1.54) is 6.33 Å². The Hall–Kier alpha value is -2.58. The number of rotatable bonds is 5. The summed E-state index contributed by atoms with van der Waals surface area (Å²) in [5, 5.41) is 0.493. The largest absolute Gasteiger partial charge is 0.393 e. The zero-order valence-corrected chi connectivity index (χ0v) is 15.3. The number of halogens is 1. The fraction of sp³-hybridized carbons (Fsp3) is 0.353. The van der Waals surface area contributed by atoms with Crippen LogP contribution < -0.4 is 21.5 Å². The van der Waals surface area contributed by atoms with Gasteiger partial charge in [-0.1, -0.05) is 24.6 Å². The number of piperazine rings is 1. The Kier molecular flexibility index (Phi) is 5.75. The molecule has 9 heteroatoms. The maximum atomic E-state index is 12.2. The molecule has 4 N–H and O–H groups in total. The van der Waals surface area contributed by atoms with Gasteiger partial charge in [-0.05, 0) is 24.7 Å². The number of nitrogens with one attached hydrogen (secondary N) is 2. The van der Waals surface area contributed by atoms with E-state index in [0.29, 0.717) is 27.9 Å². The van der Waals surface area contributed by atoms with Gasteiger partial charge in [0.2, 0.25) is 0 Å². The van der Waals surface area contributed by atoms with E-state index in [4.69, 9.17) is 17.3 Å². The third kappa shape index (κ3) is 4.14. The zero-order chi connectivity index (χ0) is 18.5. The van der Waals surface area contributed by atoms with E-state index in [2.05, 4.69) is 37.5 Å². The van der Waals surface area contributed by atoms with Crippen LogP contribution in [0, 0.1) is 0 Å². The number of nitrogen functional groups attached to an aromatic ring is 1. The van der Waals surface area contributed by atoms with Crippen molar-refractivity contribution in [3.8, 4) is 0 Å². The van der Waals surface area contributed by atoms with Crippen LogP contribution in [-0.4, -0.2) is 53.5 Å². The van der Waals surface area contributed by atoms with Gasteiger partial charge in [0.15, 0.2) is 11.6 Å².